The lowest BCUT2D eigenvalue weighted by molar-refractivity contribution is -0.146. The van der Waals surface area contributed by atoms with Crippen LogP contribution in [-0.2, 0) is 27.4 Å². The lowest BCUT2D eigenvalue weighted by Crippen LogP contribution is -2.58. The first-order valence-electron chi connectivity index (χ1n) is 10.8. The van der Waals surface area contributed by atoms with Gasteiger partial charge in [0.1, 0.15) is 18.2 Å². The molecule has 0 heterocycles. The van der Waals surface area contributed by atoms with Gasteiger partial charge in [0.25, 0.3) is 0 Å². The van der Waals surface area contributed by atoms with Gasteiger partial charge >= 0.3 is 12.1 Å². The number of carbonyl (C=O) groups excluding carboxylic acids is 2. The summed E-state index contributed by atoms with van der Waals surface area (Å²) < 4.78 is 5.46. The largest absolute Gasteiger partial charge is 0.480 e. The molecule has 0 aliphatic heterocycles. The van der Waals surface area contributed by atoms with Crippen molar-refractivity contribution in [3.63, 3.8) is 0 Å². The summed E-state index contributed by atoms with van der Waals surface area (Å²) in [5.74, 6) is -1.92. The van der Waals surface area contributed by atoms with Gasteiger partial charge in [-0.15, -0.1) is 0 Å². The van der Waals surface area contributed by atoms with Crippen LogP contribution in [0.1, 0.15) is 50.8 Å². The molecule has 0 bridgehead atoms. The second-order valence-corrected chi connectivity index (χ2v) is 8.78. The molecule has 2 unspecified atom stereocenters. The summed E-state index contributed by atoms with van der Waals surface area (Å²) in [5.41, 5.74) is 4.20. The molecule has 2 amide bonds. The maximum Gasteiger partial charge on any atom is 0.408 e. The maximum atomic E-state index is 12.7. The zero-order valence-corrected chi connectivity index (χ0v) is 18.9. The van der Waals surface area contributed by atoms with Crippen molar-refractivity contribution < 1.29 is 24.2 Å². The second kappa shape index (κ2) is 9.42. The van der Waals surface area contributed by atoms with Gasteiger partial charge in [-0.05, 0) is 54.0 Å². The zero-order chi connectivity index (χ0) is 23.5. The summed E-state index contributed by atoms with van der Waals surface area (Å²) in [5, 5.41) is 14.4. The van der Waals surface area contributed by atoms with Crippen molar-refractivity contribution in [2.24, 2.45) is 5.92 Å². The molecule has 0 aromatic heterocycles. The molecule has 0 spiro atoms. The maximum absolute atomic E-state index is 12.7. The number of carboxylic acids is 1. The fraction of sp³-hybridized carbons (Fsp3) is 0.400. The first-order chi connectivity index (χ1) is 15.1. The molecule has 3 rings (SSSR count). The van der Waals surface area contributed by atoms with Crippen molar-refractivity contribution >= 4 is 18.0 Å². The Morgan fingerprint density at radius 2 is 1.78 bits per heavy atom. The number of aliphatic carboxylic acids is 1. The monoisotopic (exact) mass is 438 g/mol. The van der Waals surface area contributed by atoms with Crippen molar-refractivity contribution in [3.05, 3.63) is 59.2 Å². The molecule has 0 fully saturated rings. The van der Waals surface area contributed by atoms with Gasteiger partial charge in [-0.1, -0.05) is 62.7 Å². The van der Waals surface area contributed by atoms with Gasteiger partial charge in [0.15, 0.2) is 0 Å². The van der Waals surface area contributed by atoms with Crippen LogP contribution in [0, 0.1) is 5.92 Å². The number of hydrogen-bond donors (Lipinski definition) is 3. The average Bonchev–Trinajstić information content (AvgIpc) is 3.14. The van der Waals surface area contributed by atoms with Crippen LogP contribution < -0.4 is 10.6 Å². The Morgan fingerprint density at radius 3 is 2.47 bits per heavy atom. The predicted octanol–water partition coefficient (Wildman–Crippen LogP) is 3.88. The topological polar surface area (TPSA) is 105 Å². The van der Waals surface area contributed by atoms with E-state index < -0.39 is 29.6 Å². The number of amides is 2. The van der Waals surface area contributed by atoms with Crippen LogP contribution in [0.5, 0.6) is 0 Å². The van der Waals surface area contributed by atoms with Gasteiger partial charge in [0.2, 0.25) is 5.91 Å². The summed E-state index contributed by atoms with van der Waals surface area (Å²) in [6.07, 6.45) is 0.692. The quantitative estimate of drug-likeness (QED) is 0.495. The summed E-state index contributed by atoms with van der Waals surface area (Å²) in [6, 6.07) is 13.3. The van der Waals surface area contributed by atoms with Crippen LogP contribution in [0.2, 0.25) is 0 Å². The van der Waals surface area contributed by atoms with E-state index in [2.05, 4.69) is 28.8 Å². The van der Waals surface area contributed by atoms with E-state index >= 15 is 0 Å². The fourth-order valence-electron chi connectivity index (χ4n) is 3.81. The minimum absolute atomic E-state index is 0.0818. The summed E-state index contributed by atoms with van der Waals surface area (Å²) in [4.78, 5) is 36.6. The number of carbonyl (C=O) groups is 3. The Labute approximate surface area is 188 Å². The van der Waals surface area contributed by atoms with Crippen molar-refractivity contribution in [1.82, 2.24) is 10.6 Å². The van der Waals surface area contributed by atoms with Gasteiger partial charge < -0.3 is 20.5 Å². The molecule has 0 radical (unpaired) electrons. The SMILES string of the molecule is CCC(C)C(NC(=O)OCc1cccc2c1Cc1ccccc1-2)C(=O)NC(C)(C)C(=O)O. The zero-order valence-electron chi connectivity index (χ0n) is 18.9. The standard InChI is InChI=1S/C25H30N2O5/c1-5-15(2)21(22(28)27-25(3,4)23(29)30)26-24(31)32-14-17-10-8-12-19-18-11-7-6-9-16(18)13-20(17)19/h6-12,15,21H,5,13-14H2,1-4H3,(H,26,31)(H,27,28)(H,29,30). The predicted molar refractivity (Wildman–Crippen MR) is 121 cm³/mol. The van der Waals surface area contributed by atoms with Crippen LogP contribution in [0.4, 0.5) is 4.79 Å². The van der Waals surface area contributed by atoms with Crippen molar-refractivity contribution in [2.75, 3.05) is 0 Å². The lowest BCUT2D eigenvalue weighted by Gasteiger charge is -2.28. The Kier molecular flexibility index (Phi) is 6.87. The molecule has 0 saturated heterocycles. The molecule has 170 valence electrons. The molecular formula is C25H30N2O5. The first kappa shape index (κ1) is 23.3. The number of benzene rings is 2. The minimum Gasteiger partial charge on any atom is -0.480 e. The summed E-state index contributed by atoms with van der Waals surface area (Å²) in [7, 11) is 0. The highest BCUT2D eigenvalue weighted by molar-refractivity contribution is 5.91. The van der Waals surface area contributed by atoms with E-state index in [-0.39, 0.29) is 12.5 Å². The highest BCUT2D eigenvalue weighted by atomic mass is 16.5. The van der Waals surface area contributed by atoms with E-state index in [0.29, 0.717) is 6.42 Å². The number of nitrogens with one attached hydrogen (secondary N) is 2. The van der Waals surface area contributed by atoms with Crippen LogP contribution in [-0.4, -0.2) is 34.7 Å². The number of hydrogen-bond acceptors (Lipinski definition) is 4. The highest BCUT2D eigenvalue weighted by Gasteiger charge is 2.34. The minimum atomic E-state index is -1.45. The number of carboxylic acid groups (broad SMARTS) is 1. The smallest absolute Gasteiger partial charge is 0.408 e. The third-order valence-corrected chi connectivity index (χ3v) is 6.05. The molecule has 2 aromatic carbocycles. The van der Waals surface area contributed by atoms with Crippen LogP contribution in [0.25, 0.3) is 11.1 Å². The molecule has 3 N–H and O–H groups in total. The number of fused-ring (bicyclic) bond motifs is 3. The molecule has 1 aliphatic carbocycles. The summed E-state index contributed by atoms with van der Waals surface area (Å²) in [6.45, 7) is 6.59. The average molecular weight is 439 g/mol. The van der Waals surface area contributed by atoms with Crippen LogP contribution in [0.3, 0.4) is 0 Å². The summed E-state index contributed by atoms with van der Waals surface area (Å²) >= 11 is 0. The van der Waals surface area contributed by atoms with E-state index in [4.69, 9.17) is 4.74 Å². The van der Waals surface area contributed by atoms with Crippen molar-refractivity contribution in [3.8, 4) is 11.1 Å². The van der Waals surface area contributed by atoms with Gasteiger partial charge in [-0.2, -0.15) is 0 Å². The molecule has 2 atom stereocenters. The van der Waals surface area contributed by atoms with Gasteiger partial charge in [0.05, 0.1) is 0 Å². The number of ether oxygens (including phenoxy) is 1. The molecule has 2 aromatic rings. The molecule has 0 saturated carbocycles. The van der Waals surface area contributed by atoms with Crippen LogP contribution in [0.15, 0.2) is 42.5 Å². The highest BCUT2D eigenvalue weighted by Crippen LogP contribution is 2.38. The van der Waals surface area contributed by atoms with Gasteiger partial charge in [0, 0.05) is 0 Å². The van der Waals surface area contributed by atoms with E-state index in [1.54, 1.807) is 0 Å². The van der Waals surface area contributed by atoms with E-state index in [1.165, 1.54) is 25.0 Å². The number of alkyl carbamates (subject to hydrolysis) is 1. The Bertz CT molecular complexity index is 1030. The van der Waals surface area contributed by atoms with E-state index in [9.17, 15) is 19.5 Å². The first-order valence-corrected chi connectivity index (χ1v) is 10.8. The van der Waals surface area contributed by atoms with E-state index in [0.717, 1.165) is 23.1 Å². The second-order valence-electron chi connectivity index (χ2n) is 8.78. The lowest BCUT2D eigenvalue weighted by atomic mass is 9.96. The third kappa shape index (κ3) is 4.93. The normalized spacial score (nSPS) is 14.0. The van der Waals surface area contributed by atoms with Gasteiger partial charge in [-0.25, -0.2) is 9.59 Å². The Morgan fingerprint density at radius 1 is 1.09 bits per heavy atom. The Balaban J connectivity index is 1.67. The fourth-order valence-corrected chi connectivity index (χ4v) is 3.81. The van der Waals surface area contributed by atoms with Gasteiger partial charge in [-0.3, -0.25) is 4.79 Å². The Hall–Kier alpha value is -3.35. The van der Waals surface area contributed by atoms with Crippen molar-refractivity contribution in [2.45, 2.75) is 58.7 Å². The van der Waals surface area contributed by atoms with E-state index in [1.807, 2.05) is 38.1 Å². The molecule has 1 aliphatic rings. The molecule has 32 heavy (non-hydrogen) atoms. The van der Waals surface area contributed by atoms with Crippen molar-refractivity contribution in [1.29, 1.82) is 0 Å². The molecular weight excluding hydrogens is 408 g/mol. The van der Waals surface area contributed by atoms with Crippen LogP contribution >= 0.6 is 0 Å². The molecule has 7 nitrogen and oxygen atoms in total. The molecule has 7 heteroatoms. The third-order valence-electron chi connectivity index (χ3n) is 6.05. The number of rotatable bonds is 8.